The molecule has 0 spiro atoms. The maximum Gasteiger partial charge on any atom is 0.303 e. The molecule has 0 unspecified atom stereocenters. The molecule has 0 saturated heterocycles. The van der Waals surface area contributed by atoms with Gasteiger partial charge in [0.25, 0.3) is 0 Å². The lowest BCUT2D eigenvalue weighted by atomic mass is 9.78. The van der Waals surface area contributed by atoms with Gasteiger partial charge in [0, 0.05) is 13.0 Å². The van der Waals surface area contributed by atoms with E-state index in [4.69, 9.17) is 10.2 Å². The average Bonchev–Trinajstić information content (AvgIpc) is 2.69. The second kappa shape index (κ2) is 11.3. The third kappa shape index (κ3) is 6.53. The van der Waals surface area contributed by atoms with E-state index in [0.29, 0.717) is 24.0 Å². The number of aliphatic hydroxyl groups is 1. The number of phenolic OH excluding ortho intramolecular Hbond substituents is 1. The molecule has 2 aliphatic rings. The summed E-state index contributed by atoms with van der Waals surface area (Å²) in [4.78, 5) is 11.0. The van der Waals surface area contributed by atoms with Crippen LogP contribution < -0.4 is 0 Å². The molecule has 1 aromatic rings. The van der Waals surface area contributed by atoms with Crippen LogP contribution in [0.5, 0.6) is 5.75 Å². The maximum absolute atomic E-state index is 11.0. The number of phenols is 1. The number of rotatable bonds is 5. The first-order valence-corrected chi connectivity index (χ1v) is 10.7. The van der Waals surface area contributed by atoms with Crippen molar-refractivity contribution < 1.29 is 20.1 Å². The van der Waals surface area contributed by atoms with E-state index >= 15 is 0 Å². The summed E-state index contributed by atoms with van der Waals surface area (Å²) in [5.41, 5.74) is 3.28. The van der Waals surface area contributed by atoms with Crippen LogP contribution in [0.2, 0.25) is 0 Å². The highest BCUT2D eigenvalue weighted by Gasteiger charge is 2.25. The van der Waals surface area contributed by atoms with Gasteiger partial charge in [0.15, 0.2) is 0 Å². The Morgan fingerprint density at radius 1 is 0.926 bits per heavy atom. The first kappa shape index (κ1) is 21.7. The lowest BCUT2D eigenvalue weighted by Crippen LogP contribution is -2.10. The van der Waals surface area contributed by atoms with Gasteiger partial charge in [0.05, 0.1) is 0 Å². The maximum atomic E-state index is 11.0. The molecule has 0 heterocycles. The Hall–Kier alpha value is -1.55. The molecule has 4 heteroatoms. The Bertz CT molecular complexity index is 545. The summed E-state index contributed by atoms with van der Waals surface area (Å²) in [5.74, 6) is 0.672. The van der Waals surface area contributed by atoms with Gasteiger partial charge < -0.3 is 15.3 Å². The van der Waals surface area contributed by atoms with Crippen molar-refractivity contribution in [3.63, 3.8) is 0 Å². The Morgan fingerprint density at radius 2 is 1.33 bits per heavy atom. The molecule has 0 aromatic heterocycles. The van der Waals surface area contributed by atoms with Gasteiger partial charge in [-0.05, 0) is 67.6 Å². The van der Waals surface area contributed by atoms with Gasteiger partial charge in [0.1, 0.15) is 5.75 Å². The summed E-state index contributed by atoms with van der Waals surface area (Å²) in [6.07, 6.45) is 12.9. The lowest BCUT2D eigenvalue weighted by molar-refractivity contribution is -0.136. The Labute approximate surface area is 163 Å². The predicted octanol–water partition coefficient (Wildman–Crippen LogP) is 5.50. The number of carbonyl (C=O) groups is 1. The number of carboxylic acid groups (broad SMARTS) is 1. The Balaban J connectivity index is 0.000000817. The minimum Gasteiger partial charge on any atom is -0.507 e. The van der Waals surface area contributed by atoms with E-state index in [2.05, 4.69) is 12.1 Å². The summed E-state index contributed by atoms with van der Waals surface area (Å²) >= 11 is 0. The molecule has 1 aromatic carbocycles. The summed E-state index contributed by atoms with van der Waals surface area (Å²) in [6, 6.07) is 4.20. The number of aryl methyl sites for hydroxylation is 1. The summed E-state index contributed by atoms with van der Waals surface area (Å²) < 4.78 is 0. The number of aliphatic carboxylic acids is 1. The van der Waals surface area contributed by atoms with Crippen molar-refractivity contribution in [2.45, 2.75) is 95.8 Å². The van der Waals surface area contributed by atoms with E-state index < -0.39 is 5.97 Å². The summed E-state index contributed by atoms with van der Waals surface area (Å²) in [7, 11) is 0. The zero-order chi connectivity index (χ0) is 19.6. The molecule has 3 rings (SSSR count). The molecule has 0 bridgehead atoms. The smallest absolute Gasteiger partial charge is 0.303 e. The highest BCUT2D eigenvalue weighted by atomic mass is 16.4. The molecule has 0 aliphatic heterocycles. The van der Waals surface area contributed by atoms with Crippen molar-refractivity contribution in [2.75, 3.05) is 6.61 Å². The van der Waals surface area contributed by atoms with Crippen LogP contribution >= 0.6 is 0 Å². The van der Waals surface area contributed by atoms with E-state index in [0.717, 1.165) is 42.4 Å². The van der Waals surface area contributed by atoms with E-state index in [9.17, 15) is 9.90 Å². The molecule has 0 atom stereocenters. The van der Waals surface area contributed by atoms with Crippen LogP contribution in [-0.4, -0.2) is 27.9 Å². The van der Waals surface area contributed by atoms with Gasteiger partial charge in [-0.3, -0.25) is 4.79 Å². The lowest BCUT2D eigenvalue weighted by Gasteiger charge is -2.28. The SMILES string of the molecule is CCO.O=C(O)CCc1cc(C2CCCCC2)c(O)c(C2CCCCC2)c1. The van der Waals surface area contributed by atoms with E-state index in [-0.39, 0.29) is 13.0 Å². The third-order valence-electron chi connectivity index (χ3n) is 5.95. The summed E-state index contributed by atoms with van der Waals surface area (Å²) in [6.45, 7) is 1.93. The Kier molecular flexibility index (Phi) is 9.12. The second-order valence-corrected chi connectivity index (χ2v) is 8.00. The Morgan fingerprint density at radius 3 is 1.70 bits per heavy atom. The van der Waals surface area contributed by atoms with Crippen molar-refractivity contribution >= 4 is 5.97 Å². The van der Waals surface area contributed by atoms with Gasteiger partial charge >= 0.3 is 5.97 Å². The molecular formula is C23H36O4. The van der Waals surface area contributed by atoms with Crippen LogP contribution in [0.15, 0.2) is 12.1 Å². The van der Waals surface area contributed by atoms with Crippen LogP contribution in [-0.2, 0) is 11.2 Å². The zero-order valence-corrected chi connectivity index (χ0v) is 16.8. The fourth-order valence-corrected chi connectivity index (χ4v) is 4.59. The highest BCUT2D eigenvalue weighted by Crippen LogP contribution is 2.44. The van der Waals surface area contributed by atoms with Crippen molar-refractivity contribution in [2.24, 2.45) is 0 Å². The van der Waals surface area contributed by atoms with Crippen LogP contribution in [0, 0.1) is 0 Å². The second-order valence-electron chi connectivity index (χ2n) is 8.00. The minimum absolute atomic E-state index is 0.166. The van der Waals surface area contributed by atoms with Gasteiger partial charge in [-0.25, -0.2) is 0 Å². The molecule has 152 valence electrons. The molecule has 3 N–H and O–H groups in total. The standard InChI is InChI=1S/C21H30O3.C2H6O/c22-20(23)12-11-15-13-18(16-7-3-1-4-8-16)21(24)19(14-15)17-9-5-2-6-10-17;1-2-3/h13-14,16-17,24H,1-12H2,(H,22,23);3H,2H2,1H3. The molecule has 0 amide bonds. The van der Waals surface area contributed by atoms with Gasteiger partial charge in [-0.15, -0.1) is 0 Å². The normalized spacial score (nSPS) is 18.6. The molecule has 0 radical (unpaired) electrons. The van der Waals surface area contributed by atoms with Gasteiger partial charge in [0.2, 0.25) is 0 Å². The predicted molar refractivity (Wildman–Crippen MR) is 108 cm³/mol. The summed E-state index contributed by atoms with van der Waals surface area (Å²) in [5, 5.41) is 27.6. The molecular weight excluding hydrogens is 340 g/mol. The molecule has 4 nitrogen and oxygen atoms in total. The first-order valence-electron chi connectivity index (χ1n) is 10.7. The van der Waals surface area contributed by atoms with E-state index in [1.165, 1.54) is 38.5 Å². The van der Waals surface area contributed by atoms with Crippen LogP contribution in [0.4, 0.5) is 0 Å². The quantitative estimate of drug-likeness (QED) is 0.634. The third-order valence-corrected chi connectivity index (χ3v) is 5.95. The van der Waals surface area contributed by atoms with E-state index in [1.54, 1.807) is 6.92 Å². The molecule has 2 saturated carbocycles. The molecule has 2 aliphatic carbocycles. The van der Waals surface area contributed by atoms with Crippen molar-refractivity contribution in [1.29, 1.82) is 0 Å². The number of benzene rings is 1. The molecule has 2 fully saturated rings. The van der Waals surface area contributed by atoms with Gasteiger partial charge in [-0.2, -0.15) is 0 Å². The topological polar surface area (TPSA) is 77.8 Å². The van der Waals surface area contributed by atoms with Gasteiger partial charge in [-0.1, -0.05) is 50.7 Å². The molecule has 27 heavy (non-hydrogen) atoms. The minimum atomic E-state index is -0.749. The highest BCUT2D eigenvalue weighted by molar-refractivity contribution is 5.67. The van der Waals surface area contributed by atoms with Crippen LogP contribution in [0.1, 0.15) is 106 Å². The van der Waals surface area contributed by atoms with Crippen LogP contribution in [0.25, 0.3) is 0 Å². The van der Waals surface area contributed by atoms with Crippen molar-refractivity contribution in [1.82, 2.24) is 0 Å². The van der Waals surface area contributed by atoms with E-state index in [1.807, 2.05) is 0 Å². The van der Waals surface area contributed by atoms with Crippen molar-refractivity contribution in [3.8, 4) is 5.75 Å². The fraction of sp³-hybridized carbons (Fsp3) is 0.696. The number of hydrogen-bond donors (Lipinski definition) is 3. The number of aromatic hydroxyl groups is 1. The number of aliphatic hydroxyl groups excluding tert-OH is 1. The largest absolute Gasteiger partial charge is 0.507 e. The van der Waals surface area contributed by atoms with Crippen molar-refractivity contribution in [3.05, 3.63) is 28.8 Å². The zero-order valence-electron chi connectivity index (χ0n) is 16.8. The number of hydrogen-bond acceptors (Lipinski definition) is 3. The monoisotopic (exact) mass is 376 g/mol. The average molecular weight is 377 g/mol. The van der Waals surface area contributed by atoms with Crippen LogP contribution in [0.3, 0.4) is 0 Å². The number of carboxylic acids is 1. The fourth-order valence-electron chi connectivity index (χ4n) is 4.59. The first-order chi connectivity index (χ1) is 13.1.